The van der Waals surface area contributed by atoms with Gasteiger partial charge in [-0.2, -0.15) is 14.9 Å². The molecule has 0 radical (unpaired) electrons. The molecule has 0 unspecified atom stereocenters. The molecule has 3 aromatic heterocycles. The zero-order valence-corrected chi connectivity index (χ0v) is 21.7. The first-order chi connectivity index (χ1) is 20.0. The van der Waals surface area contributed by atoms with Crippen molar-refractivity contribution in [3.63, 3.8) is 0 Å². The van der Waals surface area contributed by atoms with E-state index in [2.05, 4.69) is 30.9 Å². The van der Waals surface area contributed by atoms with Crippen LogP contribution in [0, 0.1) is 17.6 Å². The lowest BCUT2D eigenvalue weighted by atomic mass is 9.92. The third kappa shape index (κ3) is 5.54. The van der Waals surface area contributed by atoms with Gasteiger partial charge in [0.25, 0.3) is 11.5 Å². The number of benzene rings is 2. The maximum Gasteiger partial charge on any atom is 0.284 e. The molecule has 1 fully saturated rings. The molecule has 208 valence electrons. The zero-order valence-electron chi connectivity index (χ0n) is 21.7. The van der Waals surface area contributed by atoms with Crippen LogP contribution in [0.1, 0.15) is 28.9 Å². The Balaban J connectivity index is 1.20. The summed E-state index contributed by atoms with van der Waals surface area (Å²) in [5, 5.41) is 17.9. The summed E-state index contributed by atoms with van der Waals surface area (Å²) in [6.07, 6.45) is 5.72. The number of fused-ring (bicyclic) bond motifs is 1. The van der Waals surface area contributed by atoms with Gasteiger partial charge in [-0.15, -0.1) is 0 Å². The summed E-state index contributed by atoms with van der Waals surface area (Å²) in [5.41, 5.74) is 0.867. The van der Waals surface area contributed by atoms with E-state index < -0.39 is 23.1 Å². The molecule has 0 atom stereocenters. The van der Waals surface area contributed by atoms with Crippen molar-refractivity contribution in [2.75, 3.05) is 18.4 Å². The Morgan fingerprint density at radius 1 is 1.02 bits per heavy atom. The van der Waals surface area contributed by atoms with Crippen molar-refractivity contribution in [2.45, 2.75) is 19.3 Å². The Morgan fingerprint density at radius 2 is 1.83 bits per heavy atom. The van der Waals surface area contributed by atoms with Crippen LogP contribution < -0.4 is 20.9 Å². The predicted molar refractivity (Wildman–Crippen MR) is 147 cm³/mol. The lowest BCUT2D eigenvalue weighted by molar-refractivity contribution is 0.102. The summed E-state index contributed by atoms with van der Waals surface area (Å²) < 4.78 is 35.4. The molecule has 1 aliphatic rings. The number of nitrogens with zero attached hydrogens (tertiary/aromatic N) is 4. The molecule has 6 rings (SSSR count). The standard InChI is InChI=1S/C29H25F2N7O3/c30-18-1-4-20(5-2-18)38-29(40)21(9-14-34-38)28(39)35-19-3-6-24(22(31)16-19)41-25-10-13-33-27-26(25)23(36-37-27)15-17-7-11-32-12-8-17/h1-6,9-10,13-14,16-17,32H,7-8,11-12,15H2,(H,35,39)(H,33,36,37). The molecule has 0 bridgehead atoms. The molecular formula is C29H25F2N7O3. The fraction of sp³-hybridized carbons (Fsp3) is 0.207. The number of piperidine rings is 1. The zero-order chi connectivity index (χ0) is 28.3. The van der Waals surface area contributed by atoms with Crippen LogP contribution in [0.25, 0.3) is 16.7 Å². The minimum atomic E-state index is -0.752. The highest BCUT2D eigenvalue weighted by atomic mass is 19.1. The summed E-state index contributed by atoms with van der Waals surface area (Å²) in [6.45, 7) is 1.94. The van der Waals surface area contributed by atoms with Crippen LogP contribution in [-0.4, -0.2) is 44.0 Å². The lowest BCUT2D eigenvalue weighted by Gasteiger charge is -2.22. The van der Waals surface area contributed by atoms with Gasteiger partial charge < -0.3 is 15.4 Å². The van der Waals surface area contributed by atoms with Gasteiger partial charge >= 0.3 is 0 Å². The fourth-order valence-electron chi connectivity index (χ4n) is 4.92. The van der Waals surface area contributed by atoms with Crippen molar-refractivity contribution in [3.05, 3.63) is 100 Å². The van der Waals surface area contributed by atoms with E-state index in [4.69, 9.17) is 4.74 Å². The topological polar surface area (TPSA) is 127 Å². The number of aromatic nitrogens is 5. The molecule has 1 amide bonds. The molecule has 0 saturated carbocycles. The number of carbonyl (C=O) groups excluding carboxylic acids is 1. The number of amides is 1. The van der Waals surface area contributed by atoms with Crippen molar-refractivity contribution in [2.24, 2.45) is 5.92 Å². The third-order valence-corrected chi connectivity index (χ3v) is 7.01. The Hall–Kier alpha value is -4.97. The van der Waals surface area contributed by atoms with Crippen LogP contribution in [0.2, 0.25) is 0 Å². The lowest BCUT2D eigenvalue weighted by Crippen LogP contribution is -2.29. The largest absolute Gasteiger partial charge is 0.453 e. The number of ether oxygens (including phenoxy) is 1. The van der Waals surface area contributed by atoms with E-state index >= 15 is 4.39 Å². The van der Waals surface area contributed by atoms with E-state index in [-0.39, 0.29) is 17.0 Å². The van der Waals surface area contributed by atoms with E-state index in [1.807, 2.05) is 0 Å². The highest BCUT2D eigenvalue weighted by molar-refractivity contribution is 6.04. The molecule has 1 aliphatic heterocycles. The summed E-state index contributed by atoms with van der Waals surface area (Å²) in [4.78, 5) is 30.1. The normalized spacial score (nSPS) is 13.8. The number of aromatic amines is 1. The second kappa shape index (κ2) is 11.3. The predicted octanol–water partition coefficient (Wildman–Crippen LogP) is 4.37. The van der Waals surface area contributed by atoms with Gasteiger partial charge in [0.1, 0.15) is 17.1 Å². The van der Waals surface area contributed by atoms with Crippen LogP contribution in [0.4, 0.5) is 14.5 Å². The van der Waals surface area contributed by atoms with Gasteiger partial charge in [-0.25, -0.2) is 13.8 Å². The number of H-pyrrole nitrogens is 1. The Morgan fingerprint density at radius 3 is 2.61 bits per heavy atom. The number of nitrogens with one attached hydrogen (secondary N) is 3. The van der Waals surface area contributed by atoms with Gasteiger partial charge in [0.2, 0.25) is 0 Å². The van der Waals surface area contributed by atoms with Crippen LogP contribution in [-0.2, 0) is 6.42 Å². The van der Waals surface area contributed by atoms with Gasteiger partial charge in [0.05, 0.1) is 11.1 Å². The minimum Gasteiger partial charge on any atom is -0.453 e. The first kappa shape index (κ1) is 26.3. The number of carbonyl (C=O) groups is 1. The molecule has 12 heteroatoms. The van der Waals surface area contributed by atoms with E-state index in [1.165, 1.54) is 48.7 Å². The Labute approximate surface area is 232 Å². The SMILES string of the molecule is O=C(Nc1ccc(Oc2ccnc3n[nH]c(CC4CCNCC4)c23)c(F)c1)c1ccnn(-c2ccc(F)cc2)c1=O. The number of anilines is 1. The summed E-state index contributed by atoms with van der Waals surface area (Å²) >= 11 is 0. The molecule has 0 spiro atoms. The Kier molecular flexibility index (Phi) is 7.21. The average molecular weight is 558 g/mol. The van der Waals surface area contributed by atoms with Crippen molar-refractivity contribution < 1.29 is 18.3 Å². The van der Waals surface area contributed by atoms with Crippen LogP contribution in [0.15, 0.2) is 71.8 Å². The first-order valence-corrected chi connectivity index (χ1v) is 13.1. The average Bonchev–Trinajstić information content (AvgIpc) is 3.39. The van der Waals surface area contributed by atoms with E-state index in [9.17, 15) is 14.0 Å². The number of hydrogen-bond donors (Lipinski definition) is 3. The van der Waals surface area contributed by atoms with E-state index in [0.717, 1.165) is 48.8 Å². The van der Waals surface area contributed by atoms with Gasteiger partial charge in [-0.1, -0.05) is 0 Å². The van der Waals surface area contributed by atoms with E-state index in [0.29, 0.717) is 28.4 Å². The van der Waals surface area contributed by atoms with Gasteiger partial charge in [-0.05, 0) is 86.8 Å². The van der Waals surface area contributed by atoms with Crippen LogP contribution >= 0.6 is 0 Å². The molecule has 2 aromatic carbocycles. The maximum absolute atomic E-state index is 15.2. The smallest absolute Gasteiger partial charge is 0.284 e. The monoisotopic (exact) mass is 557 g/mol. The van der Waals surface area contributed by atoms with Crippen LogP contribution in [0.3, 0.4) is 0 Å². The van der Waals surface area contributed by atoms with Gasteiger partial charge in [-0.3, -0.25) is 14.7 Å². The molecule has 5 aromatic rings. The van der Waals surface area contributed by atoms with Crippen molar-refractivity contribution in [1.29, 1.82) is 0 Å². The van der Waals surface area contributed by atoms with Crippen molar-refractivity contribution in [1.82, 2.24) is 30.3 Å². The summed E-state index contributed by atoms with van der Waals surface area (Å²) in [7, 11) is 0. The van der Waals surface area contributed by atoms with Gasteiger partial charge in [0.15, 0.2) is 17.2 Å². The molecule has 10 nitrogen and oxygen atoms in total. The first-order valence-electron chi connectivity index (χ1n) is 13.1. The summed E-state index contributed by atoms with van der Waals surface area (Å²) in [6, 6.07) is 12.0. The molecule has 41 heavy (non-hydrogen) atoms. The second-order valence-corrected chi connectivity index (χ2v) is 9.75. The maximum atomic E-state index is 15.2. The molecule has 4 heterocycles. The minimum absolute atomic E-state index is 0.0490. The number of halogens is 2. The number of hydrogen-bond acceptors (Lipinski definition) is 7. The quantitative estimate of drug-likeness (QED) is 0.271. The number of pyridine rings is 1. The highest BCUT2D eigenvalue weighted by Gasteiger charge is 2.20. The van der Waals surface area contributed by atoms with Crippen molar-refractivity contribution in [3.8, 4) is 17.2 Å². The molecule has 1 saturated heterocycles. The van der Waals surface area contributed by atoms with Crippen LogP contribution in [0.5, 0.6) is 11.5 Å². The Bertz CT molecular complexity index is 1780. The molecule has 0 aliphatic carbocycles. The third-order valence-electron chi connectivity index (χ3n) is 7.01. The fourth-order valence-corrected chi connectivity index (χ4v) is 4.92. The summed E-state index contributed by atoms with van der Waals surface area (Å²) in [5.74, 6) is -1.07. The molecular weight excluding hydrogens is 532 g/mol. The second-order valence-electron chi connectivity index (χ2n) is 9.75. The molecule has 3 N–H and O–H groups in total. The number of rotatable bonds is 7. The van der Waals surface area contributed by atoms with Gasteiger partial charge in [0, 0.05) is 29.8 Å². The van der Waals surface area contributed by atoms with E-state index in [1.54, 1.807) is 12.3 Å². The van der Waals surface area contributed by atoms with Crippen molar-refractivity contribution >= 4 is 22.6 Å². The highest BCUT2D eigenvalue weighted by Crippen LogP contribution is 2.34.